The van der Waals surface area contributed by atoms with Crippen molar-refractivity contribution in [3.05, 3.63) is 108 Å². The van der Waals surface area contributed by atoms with E-state index in [1.54, 1.807) is 0 Å². The third-order valence-corrected chi connectivity index (χ3v) is 4.98. The zero-order chi connectivity index (χ0) is 18.3. The van der Waals surface area contributed by atoms with Gasteiger partial charge in [-0.15, -0.1) is 0 Å². The summed E-state index contributed by atoms with van der Waals surface area (Å²) in [7, 11) is 0. The molecule has 1 unspecified atom stereocenters. The second-order valence-electron chi connectivity index (χ2n) is 6.96. The van der Waals surface area contributed by atoms with Gasteiger partial charge in [0.05, 0.1) is 12.7 Å². The molecule has 0 bridgehead atoms. The van der Waals surface area contributed by atoms with E-state index in [4.69, 9.17) is 4.74 Å². The van der Waals surface area contributed by atoms with Crippen molar-refractivity contribution in [1.82, 2.24) is 4.90 Å². The summed E-state index contributed by atoms with van der Waals surface area (Å²) >= 11 is 0. The lowest BCUT2D eigenvalue weighted by molar-refractivity contribution is -0.00113. The lowest BCUT2D eigenvalue weighted by atomic mass is 9.96. The van der Waals surface area contributed by atoms with Gasteiger partial charge in [-0.1, -0.05) is 91.0 Å². The van der Waals surface area contributed by atoms with E-state index < -0.39 is 0 Å². The molecule has 27 heavy (non-hydrogen) atoms. The van der Waals surface area contributed by atoms with Gasteiger partial charge in [0, 0.05) is 19.6 Å². The van der Waals surface area contributed by atoms with E-state index in [9.17, 15) is 0 Å². The Morgan fingerprint density at radius 1 is 0.852 bits per heavy atom. The lowest BCUT2D eigenvalue weighted by Gasteiger charge is -2.34. The Hall–Kier alpha value is -2.68. The number of hydrogen-bond acceptors (Lipinski definition) is 2. The normalized spacial score (nSPS) is 18.4. The molecule has 0 radical (unpaired) electrons. The Morgan fingerprint density at radius 2 is 1.48 bits per heavy atom. The quantitative estimate of drug-likeness (QED) is 0.589. The minimum absolute atomic E-state index is 0.0741. The predicted molar refractivity (Wildman–Crippen MR) is 112 cm³/mol. The summed E-state index contributed by atoms with van der Waals surface area (Å²) in [5.74, 6) is 0. The van der Waals surface area contributed by atoms with Crippen molar-refractivity contribution in [3.63, 3.8) is 0 Å². The van der Waals surface area contributed by atoms with Gasteiger partial charge < -0.3 is 4.74 Å². The van der Waals surface area contributed by atoms with E-state index in [2.05, 4.69) is 102 Å². The molecule has 0 spiro atoms. The van der Waals surface area contributed by atoms with Crippen LogP contribution in [0.2, 0.25) is 0 Å². The molecule has 1 fully saturated rings. The smallest absolute Gasteiger partial charge is 0.0958 e. The number of rotatable bonds is 5. The van der Waals surface area contributed by atoms with Crippen LogP contribution in [-0.4, -0.2) is 30.7 Å². The second kappa shape index (κ2) is 8.81. The van der Waals surface area contributed by atoms with Gasteiger partial charge in [-0.25, -0.2) is 0 Å². The summed E-state index contributed by atoms with van der Waals surface area (Å²) in [4.78, 5) is 2.49. The molecular weight excluding hydrogens is 330 g/mol. The molecule has 1 saturated heterocycles. The Kier molecular flexibility index (Phi) is 5.78. The van der Waals surface area contributed by atoms with Crippen molar-refractivity contribution < 1.29 is 4.74 Å². The topological polar surface area (TPSA) is 12.5 Å². The lowest BCUT2D eigenvalue weighted by Crippen LogP contribution is -2.42. The van der Waals surface area contributed by atoms with Gasteiger partial charge in [0.2, 0.25) is 0 Å². The third kappa shape index (κ3) is 4.73. The van der Waals surface area contributed by atoms with Crippen LogP contribution in [0.4, 0.5) is 0 Å². The Morgan fingerprint density at radius 3 is 2.19 bits per heavy atom. The number of hydrogen-bond donors (Lipinski definition) is 0. The molecule has 1 aliphatic rings. The maximum Gasteiger partial charge on any atom is 0.0958 e. The number of nitrogens with zero attached hydrogens (tertiary/aromatic N) is 1. The van der Waals surface area contributed by atoms with Crippen molar-refractivity contribution in [2.45, 2.75) is 12.6 Å². The molecule has 2 heteroatoms. The van der Waals surface area contributed by atoms with E-state index in [1.807, 2.05) is 0 Å². The highest BCUT2D eigenvalue weighted by Gasteiger charge is 2.24. The number of ether oxygens (including phenoxy) is 1. The van der Waals surface area contributed by atoms with Crippen LogP contribution in [0.25, 0.3) is 11.6 Å². The SMILES string of the molecule is C(=C(/c1ccccc1)C1CN(Cc2ccccc2)CCO1)/c1ccccc1. The van der Waals surface area contributed by atoms with E-state index >= 15 is 0 Å². The summed E-state index contributed by atoms with van der Waals surface area (Å²) in [5.41, 5.74) is 5.04. The predicted octanol–water partition coefficient (Wildman–Crippen LogP) is 5.13. The van der Waals surface area contributed by atoms with Gasteiger partial charge in [0.15, 0.2) is 0 Å². The highest BCUT2D eigenvalue weighted by atomic mass is 16.5. The number of morpholine rings is 1. The molecule has 3 aromatic rings. The first-order chi connectivity index (χ1) is 13.4. The molecule has 0 aromatic heterocycles. The van der Waals surface area contributed by atoms with E-state index in [0.717, 1.165) is 26.2 Å². The first kappa shape index (κ1) is 17.7. The van der Waals surface area contributed by atoms with Crippen LogP contribution in [0.15, 0.2) is 91.0 Å². The fraction of sp³-hybridized carbons (Fsp3) is 0.200. The summed E-state index contributed by atoms with van der Waals surface area (Å²) in [5, 5.41) is 0. The minimum atomic E-state index is 0.0741. The molecule has 0 N–H and O–H groups in total. The fourth-order valence-corrected chi connectivity index (χ4v) is 3.60. The van der Waals surface area contributed by atoms with Crippen LogP contribution in [0.1, 0.15) is 16.7 Å². The Labute approximate surface area is 161 Å². The molecule has 1 atom stereocenters. The van der Waals surface area contributed by atoms with Crippen molar-refractivity contribution >= 4 is 11.6 Å². The van der Waals surface area contributed by atoms with Crippen LogP contribution in [0.5, 0.6) is 0 Å². The van der Waals surface area contributed by atoms with Crippen LogP contribution in [-0.2, 0) is 11.3 Å². The minimum Gasteiger partial charge on any atom is -0.371 e. The average molecular weight is 355 g/mol. The maximum absolute atomic E-state index is 6.22. The molecule has 2 nitrogen and oxygen atoms in total. The Balaban J connectivity index is 1.59. The van der Waals surface area contributed by atoms with Crippen molar-refractivity contribution in [3.8, 4) is 0 Å². The molecule has 3 aromatic carbocycles. The van der Waals surface area contributed by atoms with Crippen LogP contribution in [0.3, 0.4) is 0 Å². The van der Waals surface area contributed by atoms with Crippen LogP contribution < -0.4 is 0 Å². The zero-order valence-electron chi connectivity index (χ0n) is 15.5. The summed E-state index contributed by atoms with van der Waals surface area (Å²) in [6, 6.07) is 31.8. The maximum atomic E-state index is 6.22. The van der Waals surface area contributed by atoms with Crippen LogP contribution in [0, 0.1) is 0 Å². The molecular formula is C25H25NO. The summed E-state index contributed by atoms with van der Waals surface area (Å²) in [6.07, 6.45) is 2.34. The van der Waals surface area contributed by atoms with Gasteiger partial charge in [-0.05, 0) is 28.3 Å². The largest absolute Gasteiger partial charge is 0.371 e. The first-order valence-electron chi connectivity index (χ1n) is 9.58. The molecule has 0 amide bonds. The van der Waals surface area contributed by atoms with Gasteiger partial charge in [-0.2, -0.15) is 0 Å². The monoisotopic (exact) mass is 355 g/mol. The van der Waals surface area contributed by atoms with Crippen molar-refractivity contribution in [2.24, 2.45) is 0 Å². The second-order valence-corrected chi connectivity index (χ2v) is 6.96. The van der Waals surface area contributed by atoms with E-state index in [1.165, 1.54) is 22.3 Å². The standard InChI is InChI=1S/C25H25NO/c1-4-10-21(11-5-1)18-24(23-14-8-3-9-15-23)25-20-26(16-17-27-25)19-22-12-6-2-7-13-22/h1-15,18,25H,16-17,19-20H2/b24-18+. The van der Waals surface area contributed by atoms with Crippen molar-refractivity contribution in [1.29, 1.82) is 0 Å². The Bertz CT molecular complexity index is 859. The van der Waals surface area contributed by atoms with Gasteiger partial charge >= 0.3 is 0 Å². The van der Waals surface area contributed by atoms with E-state index in [0.29, 0.717) is 0 Å². The number of benzene rings is 3. The highest BCUT2D eigenvalue weighted by molar-refractivity contribution is 5.84. The molecule has 1 aliphatic heterocycles. The summed E-state index contributed by atoms with van der Waals surface area (Å²) in [6.45, 7) is 3.60. The molecule has 0 aliphatic carbocycles. The summed E-state index contributed by atoms with van der Waals surface area (Å²) < 4.78 is 6.22. The van der Waals surface area contributed by atoms with Gasteiger partial charge in [-0.3, -0.25) is 4.90 Å². The zero-order valence-corrected chi connectivity index (χ0v) is 15.5. The highest BCUT2D eigenvalue weighted by Crippen LogP contribution is 2.27. The van der Waals surface area contributed by atoms with Gasteiger partial charge in [0.25, 0.3) is 0 Å². The molecule has 4 rings (SSSR count). The average Bonchev–Trinajstić information content (AvgIpc) is 2.74. The van der Waals surface area contributed by atoms with E-state index in [-0.39, 0.29) is 6.10 Å². The van der Waals surface area contributed by atoms with Gasteiger partial charge in [0.1, 0.15) is 0 Å². The molecule has 1 heterocycles. The van der Waals surface area contributed by atoms with Crippen molar-refractivity contribution in [2.75, 3.05) is 19.7 Å². The van der Waals surface area contributed by atoms with Crippen LogP contribution >= 0.6 is 0 Å². The first-order valence-corrected chi connectivity index (χ1v) is 9.58. The molecule has 136 valence electrons. The third-order valence-electron chi connectivity index (χ3n) is 4.98. The molecule has 0 saturated carbocycles. The fourth-order valence-electron chi connectivity index (χ4n) is 3.60.